The average molecular weight is 475 g/mol. The van der Waals surface area contributed by atoms with Crippen LogP contribution in [0.15, 0.2) is 53.4 Å². The van der Waals surface area contributed by atoms with Gasteiger partial charge < -0.3 is 14.7 Å². The fourth-order valence-electron chi connectivity index (χ4n) is 4.55. The highest BCUT2D eigenvalue weighted by molar-refractivity contribution is 7.89. The molecule has 1 amide bonds. The van der Waals surface area contributed by atoms with E-state index < -0.39 is 10.0 Å². The van der Waals surface area contributed by atoms with Crippen LogP contribution in [-0.4, -0.2) is 87.8 Å². The fraction of sp³-hybridized carbons (Fsp3) is 0.458. The standard InChI is InChI=1S/C24H31FN4O3S/c1-26(2)21-10-12-28(13-11-21)24(30)19-4-3-5-23(18-19)33(31,32)29-16-14-27(15-17-29)22-8-6-20(25)7-9-22/h3-9,18,21H,10-17H2,1-2H3. The lowest BCUT2D eigenvalue weighted by atomic mass is 10.0. The van der Waals surface area contributed by atoms with Crippen molar-refractivity contribution in [2.24, 2.45) is 0 Å². The van der Waals surface area contributed by atoms with Crippen molar-refractivity contribution in [3.8, 4) is 0 Å². The monoisotopic (exact) mass is 474 g/mol. The molecule has 0 aliphatic carbocycles. The Morgan fingerprint density at radius 3 is 2.18 bits per heavy atom. The summed E-state index contributed by atoms with van der Waals surface area (Å²) in [6, 6.07) is 13.1. The van der Waals surface area contributed by atoms with Gasteiger partial charge in [0, 0.05) is 56.6 Å². The van der Waals surface area contributed by atoms with Crippen molar-refractivity contribution in [2.75, 3.05) is 58.3 Å². The second-order valence-corrected chi connectivity index (χ2v) is 10.8. The van der Waals surface area contributed by atoms with E-state index in [1.807, 2.05) is 9.80 Å². The summed E-state index contributed by atoms with van der Waals surface area (Å²) in [6.07, 6.45) is 1.82. The number of carbonyl (C=O) groups excluding carboxylic acids is 1. The highest BCUT2D eigenvalue weighted by Gasteiger charge is 2.30. The van der Waals surface area contributed by atoms with Gasteiger partial charge in [0.1, 0.15) is 5.82 Å². The van der Waals surface area contributed by atoms with Gasteiger partial charge in [0.15, 0.2) is 0 Å². The summed E-state index contributed by atoms with van der Waals surface area (Å²) in [7, 11) is 0.391. The van der Waals surface area contributed by atoms with Crippen molar-refractivity contribution >= 4 is 21.6 Å². The van der Waals surface area contributed by atoms with E-state index in [0.29, 0.717) is 50.9 Å². The van der Waals surface area contributed by atoms with Crippen molar-refractivity contribution in [1.82, 2.24) is 14.1 Å². The molecule has 0 atom stereocenters. The normalized spacial score (nSPS) is 18.7. The van der Waals surface area contributed by atoms with Gasteiger partial charge >= 0.3 is 0 Å². The van der Waals surface area contributed by atoms with Crippen molar-refractivity contribution in [2.45, 2.75) is 23.8 Å². The van der Waals surface area contributed by atoms with Crippen LogP contribution in [0.4, 0.5) is 10.1 Å². The Kier molecular flexibility index (Phi) is 7.02. The lowest BCUT2D eigenvalue weighted by molar-refractivity contribution is 0.0663. The first-order valence-corrected chi connectivity index (χ1v) is 12.8. The van der Waals surface area contributed by atoms with Gasteiger partial charge in [-0.25, -0.2) is 12.8 Å². The summed E-state index contributed by atoms with van der Waals surface area (Å²) in [4.78, 5) is 19.2. The Morgan fingerprint density at radius 1 is 0.939 bits per heavy atom. The third-order valence-corrected chi connectivity index (χ3v) is 8.53. The highest BCUT2D eigenvalue weighted by atomic mass is 32.2. The van der Waals surface area contributed by atoms with E-state index in [1.54, 1.807) is 30.3 Å². The van der Waals surface area contributed by atoms with E-state index >= 15 is 0 Å². The maximum atomic E-state index is 13.3. The van der Waals surface area contributed by atoms with Crippen LogP contribution in [-0.2, 0) is 10.0 Å². The molecule has 2 aliphatic heterocycles. The second kappa shape index (κ2) is 9.79. The number of piperazine rings is 1. The minimum Gasteiger partial charge on any atom is -0.369 e. The number of hydrogen-bond acceptors (Lipinski definition) is 5. The Labute approximate surface area is 195 Å². The Hall–Kier alpha value is -2.49. The van der Waals surface area contributed by atoms with E-state index in [0.717, 1.165) is 18.5 Å². The molecule has 0 aromatic heterocycles. The average Bonchev–Trinajstić information content (AvgIpc) is 2.84. The summed E-state index contributed by atoms with van der Waals surface area (Å²) in [6.45, 7) is 3.04. The highest BCUT2D eigenvalue weighted by Crippen LogP contribution is 2.23. The number of amides is 1. The maximum absolute atomic E-state index is 13.3. The lowest BCUT2D eigenvalue weighted by Crippen LogP contribution is -2.48. The van der Waals surface area contributed by atoms with Gasteiger partial charge in [0.25, 0.3) is 5.91 Å². The third kappa shape index (κ3) is 5.20. The molecule has 2 heterocycles. The minimum atomic E-state index is -3.71. The van der Waals surface area contributed by atoms with Crippen molar-refractivity contribution in [3.05, 3.63) is 59.9 Å². The summed E-state index contributed by atoms with van der Waals surface area (Å²) < 4.78 is 41.2. The van der Waals surface area contributed by atoms with Crippen molar-refractivity contribution < 1.29 is 17.6 Å². The van der Waals surface area contributed by atoms with Crippen LogP contribution in [0.3, 0.4) is 0 Å². The smallest absolute Gasteiger partial charge is 0.253 e. The zero-order chi connectivity index (χ0) is 23.6. The Balaban J connectivity index is 1.42. The Bertz CT molecular complexity index is 1080. The number of anilines is 1. The van der Waals surface area contributed by atoms with Crippen LogP contribution >= 0.6 is 0 Å². The van der Waals surface area contributed by atoms with Gasteiger partial charge in [-0.05, 0) is 69.4 Å². The summed E-state index contributed by atoms with van der Waals surface area (Å²) in [5.41, 5.74) is 1.28. The summed E-state index contributed by atoms with van der Waals surface area (Å²) in [5.74, 6) is -0.415. The number of rotatable bonds is 5. The predicted octanol–water partition coefficient (Wildman–Crippen LogP) is 2.50. The molecule has 0 unspecified atom stereocenters. The zero-order valence-electron chi connectivity index (χ0n) is 19.2. The van der Waals surface area contributed by atoms with Crippen molar-refractivity contribution in [3.63, 3.8) is 0 Å². The van der Waals surface area contributed by atoms with E-state index in [1.165, 1.54) is 22.5 Å². The molecule has 2 aromatic rings. The molecule has 2 fully saturated rings. The third-order valence-electron chi connectivity index (χ3n) is 6.63. The van der Waals surface area contributed by atoms with Crippen LogP contribution in [0.5, 0.6) is 0 Å². The molecule has 178 valence electrons. The largest absolute Gasteiger partial charge is 0.369 e. The number of halogens is 1. The van der Waals surface area contributed by atoms with Gasteiger partial charge in [-0.1, -0.05) is 6.07 Å². The fourth-order valence-corrected chi connectivity index (χ4v) is 6.01. The first kappa shape index (κ1) is 23.7. The van der Waals surface area contributed by atoms with Gasteiger partial charge in [-0.2, -0.15) is 4.31 Å². The molecule has 9 heteroatoms. The lowest BCUT2D eigenvalue weighted by Gasteiger charge is -2.36. The SMILES string of the molecule is CN(C)C1CCN(C(=O)c2cccc(S(=O)(=O)N3CCN(c4ccc(F)cc4)CC3)c2)CC1. The van der Waals surface area contributed by atoms with E-state index in [2.05, 4.69) is 19.0 Å². The zero-order valence-corrected chi connectivity index (χ0v) is 20.0. The topological polar surface area (TPSA) is 64.2 Å². The van der Waals surface area contributed by atoms with Crippen LogP contribution < -0.4 is 4.90 Å². The number of hydrogen-bond donors (Lipinski definition) is 0. The molecule has 0 N–H and O–H groups in total. The molecule has 33 heavy (non-hydrogen) atoms. The molecule has 4 rings (SSSR count). The Morgan fingerprint density at radius 2 is 1.58 bits per heavy atom. The van der Waals surface area contributed by atoms with Gasteiger partial charge in [0.2, 0.25) is 10.0 Å². The van der Waals surface area contributed by atoms with Gasteiger partial charge in [-0.3, -0.25) is 4.79 Å². The molecule has 2 aliphatic rings. The summed E-state index contributed by atoms with van der Waals surface area (Å²) >= 11 is 0. The van der Waals surface area contributed by atoms with Crippen molar-refractivity contribution in [1.29, 1.82) is 0 Å². The van der Waals surface area contributed by atoms with E-state index in [-0.39, 0.29) is 16.6 Å². The first-order chi connectivity index (χ1) is 15.8. The molecule has 0 bridgehead atoms. The van der Waals surface area contributed by atoms with E-state index in [4.69, 9.17) is 0 Å². The van der Waals surface area contributed by atoms with Crippen LogP contribution in [0.1, 0.15) is 23.2 Å². The molecule has 0 saturated carbocycles. The molecular weight excluding hydrogens is 443 g/mol. The predicted molar refractivity (Wildman–Crippen MR) is 126 cm³/mol. The number of piperidine rings is 1. The van der Waals surface area contributed by atoms with Crippen LogP contribution in [0.25, 0.3) is 0 Å². The number of nitrogens with zero attached hydrogens (tertiary/aromatic N) is 4. The van der Waals surface area contributed by atoms with E-state index in [9.17, 15) is 17.6 Å². The molecule has 2 aromatic carbocycles. The van der Waals surface area contributed by atoms with Crippen LogP contribution in [0.2, 0.25) is 0 Å². The maximum Gasteiger partial charge on any atom is 0.253 e. The first-order valence-electron chi connectivity index (χ1n) is 11.3. The molecule has 0 spiro atoms. The number of benzene rings is 2. The number of carbonyl (C=O) groups is 1. The quantitative estimate of drug-likeness (QED) is 0.666. The second-order valence-electron chi connectivity index (χ2n) is 8.88. The van der Waals surface area contributed by atoms with Gasteiger partial charge in [0.05, 0.1) is 4.90 Å². The number of likely N-dealkylation sites (tertiary alicyclic amines) is 1. The molecule has 2 saturated heterocycles. The molecule has 7 nitrogen and oxygen atoms in total. The van der Waals surface area contributed by atoms with Gasteiger partial charge in [-0.15, -0.1) is 0 Å². The molecular formula is C24H31FN4O3S. The molecule has 0 radical (unpaired) electrons. The minimum absolute atomic E-state index is 0.120. The summed E-state index contributed by atoms with van der Waals surface area (Å²) in [5, 5.41) is 0. The number of sulfonamides is 1. The van der Waals surface area contributed by atoms with Crippen LogP contribution in [0, 0.1) is 5.82 Å².